The van der Waals surface area contributed by atoms with Crippen LogP contribution in [0.1, 0.15) is 0 Å². The van der Waals surface area contributed by atoms with Crippen molar-refractivity contribution in [2.45, 2.75) is 0 Å². The standard InChI is InChI=1S/C58H38N2P2/c1-59-51-22-11-10-21-43(51)46-31-49-45-26-23-35-13-8-9-20-42(35)58(45)62(57(49)34-54(46)59)41-19-12-16-36(27-41)39-24-25-44-47-33-56-50(32-53(47)60(2)52(44)29-39)48-28-37-14-6-7-15-38(37)30-55(48)61(56)40-17-4-3-5-18-40/h3-34H,1-2H3. The van der Waals surface area contributed by atoms with E-state index in [0.717, 1.165) is 0 Å². The first kappa shape index (κ1) is 34.6. The molecule has 0 aliphatic heterocycles. The minimum absolute atomic E-state index is 0.690. The Morgan fingerprint density at radius 2 is 0.871 bits per heavy atom. The van der Waals surface area contributed by atoms with Gasteiger partial charge in [-0.25, -0.2) is 0 Å². The molecular formula is C58H38N2P2. The van der Waals surface area contributed by atoms with Gasteiger partial charge in [-0.05, 0) is 119 Å². The van der Waals surface area contributed by atoms with Gasteiger partial charge in [-0.2, -0.15) is 0 Å². The molecule has 4 heterocycles. The Hall–Kier alpha value is -7.08. The number of aryl methyl sites for hydroxylation is 2. The minimum atomic E-state index is -0.826. The maximum Gasteiger partial charge on any atom is 0.0498 e. The van der Waals surface area contributed by atoms with Crippen molar-refractivity contribution >= 4 is 122 Å². The van der Waals surface area contributed by atoms with Crippen molar-refractivity contribution in [3.8, 4) is 21.7 Å². The molecule has 0 saturated heterocycles. The number of benzene rings is 10. The average Bonchev–Trinajstić information content (AvgIpc) is 4.01. The predicted octanol–water partition coefficient (Wildman–Crippen LogP) is 17.5. The molecule has 0 N–H and O–H groups in total. The molecule has 14 rings (SSSR count). The number of hydrogen-bond donors (Lipinski definition) is 0. The normalized spacial score (nSPS) is 12.9. The Morgan fingerprint density at radius 1 is 0.290 bits per heavy atom. The highest BCUT2D eigenvalue weighted by molar-refractivity contribution is 7.68. The van der Waals surface area contributed by atoms with Gasteiger partial charge in [0.2, 0.25) is 0 Å². The topological polar surface area (TPSA) is 9.86 Å². The summed E-state index contributed by atoms with van der Waals surface area (Å²) in [4.78, 5) is 0. The van der Waals surface area contributed by atoms with Gasteiger partial charge in [-0.3, -0.25) is 0 Å². The Bertz CT molecular complexity index is 4230. The number of rotatable bonds is 3. The second kappa shape index (κ2) is 12.7. The van der Waals surface area contributed by atoms with Crippen molar-refractivity contribution in [1.82, 2.24) is 9.13 Å². The van der Waals surface area contributed by atoms with E-state index in [1.54, 1.807) is 0 Å². The monoisotopic (exact) mass is 824 g/mol. The first-order valence-electron chi connectivity index (χ1n) is 21.5. The van der Waals surface area contributed by atoms with Gasteiger partial charge >= 0.3 is 0 Å². The summed E-state index contributed by atoms with van der Waals surface area (Å²) < 4.78 is 4.81. The van der Waals surface area contributed by atoms with Crippen LogP contribution in [-0.2, 0) is 14.1 Å². The molecule has 0 saturated carbocycles. The average molecular weight is 825 g/mol. The second-order valence-corrected chi connectivity index (χ2v) is 21.4. The van der Waals surface area contributed by atoms with E-state index in [9.17, 15) is 0 Å². The van der Waals surface area contributed by atoms with E-state index in [0.29, 0.717) is 0 Å². The van der Waals surface area contributed by atoms with Crippen LogP contribution in [0.2, 0.25) is 0 Å². The van der Waals surface area contributed by atoms with Crippen LogP contribution in [0.5, 0.6) is 0 Å². The van der Waals surface area contributed by atoms with Gasteiger partial charge in [0.15, 0.2) is 0 Å². The lowest BCUT2D eigenvalue weighted by Crippen LogP contribution is -1.87. The molecule has 2 unspecified atom stereocenters. The van der Waals surface area contributed by atoms with Crippen molar-refractivity contribution in [2.24, 2.45) is 14.1 Å². The summed E-state index contributed by atoms with van der Waals surface area (Å²) in [6, 6.07) is 74.0. The van der Waals surface area contributed by atoms with Gasteiger partial charge in [0.1, 0.15) is 0 Å². The molecule has 10 aromatic carbocycles. The highest BCUT2D eigenvalue weighted by atomic mass is 31.1. The molecule has 2 atom stereocenters. The number of fused-ring (bicyclic) bond motifs is 15. The van der Waals surface area contributed by atoms with Crippen LogP contribution in [0, 0.1) is 0 Å². The van der Waals surface area contributed by atoms with Gasteiger partial charge in [0, 0.05) is 78.2 Å². The zero-order chi connectivity index (χ0) is 40.8. The van der Waals surface area contributed by atoms with Crippen molar-refractivity contribution < 1.29 is 0 Å². The zero-order valence-electron chi connectivity index (χ0n) is 34.3. The maximum absolute atomic E-state index is 2.53. The quantitative estimate of drug-likeness (QED) is 0.168. The van der Waals surface area contributed by atoms with Crippen molar-refractivity contribution in [3.05, 3.63) is 194 Å². The molecule has 0 fully saturated rings. The van der Waals surface area contributed by atoms with E-state index in [2.05, 4.69) is 217 Å². The summed E-state index contributed by atoms with van der Waals surface area (Å²) in [5.74, 6) is 0. The fraction of sp³-hybridized carbons (Fsp3) is 0.0345. The largest absolute Gasteiger partial charge is 0.344 e. The summed E-state index contributed by atoms with van der Waals surface area (Å²) in [6.07, 6.45) is 0. The van der Waals surface area contributed by atoms with Gasteiger partial charge < -0.3 is 9.13 Å². The molecule has 2 nitrogen and oxygen atoms in total. The van der Waals surface area contributed by atoms with Gasteiger partial charge in [0.05, 0.1) is 0 Å². The molecule has 0 spiro atoms. The smallest absolute Gasteiger partial charge is 0.0498 e. The summed E-state index contributed by atoms with van der Waals surface area (Å²) in [5, 5.41) is 24.7. The second-order valence-electron chi connectivity index (χ2n) is 17.1. The highest BCUT2D eigenvalue weighted by Crippen LogP contribution is 2.59. The van der Waals surface area contributed by atoms with E-state index >= 15 is 0 Å². The van der Waals surface area contributed by atoms with Gasteiger partial charge in [-0.15, -0.1) is 0 Å². The van der Waals surface area contributed by atoms with Crippen LogP contribution >= 0.6 is 15.1 Å². The van der Waals surface area contributed by atoms with E-state index in [1.165, 1.54) is 129 Å². The molecule has 290 valence electrons. The molecule has 0 bridgehead atoms. The Kier molecular flexibility index (Phi) is 7.11. The van der Waals surface area contributed by atoms with Crippen LogP contribution in [0.15, 0.2) is 194 Å². The molecule has 62 heavy (non-hydrogen) atoms. The molecular weight excluding hydrogens is 787 g/mol. The van der Waals surface area contributed by atoms with Crippen molar-refractivity contribution in [1.29, 1.82) is 0 Å². The van der Waals surface area contributed by atoms with Gasteiger partial charge in [-0.1, -0.05) is 155 Å². The minimum Gasteiger partial charge on any atom is -0.344 e. The first-order chi connectivity index (χ1) is 30.6. The predicted molar refractivity (Wildman–Crippen MR) is 273 cm³/mol. The molecule has 4 heteroatoms. The molecule has 0 amide bonds. The number of nitrogens with zero attached hydrogens (tertiary/aromatic N) is 2. The summed E-state index contributed by atoms with van der Waals surface area (Å²) in [7, 11) is 2.96. The third-order valence-corrected chi connectivity index (χ3v) is 19.0. The maximum atomic E-state index is 2.53. The van der Waals surface area contributed by atoms with Crippen LogP contribution in [-0.4, -0.2) is 9.13 Å². The molecule has 4 aromatic heterocycles. The van der Waals surface area contributed by atoms with E-state index in [1.807, 2.05) is 0 Å². The summed E-state index contributed by atoms with van der Waals surface area (Å²) in [5.41, 5.74) is 7.63. The molecule has 14 aromatic rings. The van der Waals surface area contributed by atoms with Crippen LogP contribution in [0.4, 0.5) is 0 Å². The summed E-state index contributed by atoms with van der Waals surface area (Å²) in [6.45, 7) is 0. The first-order valence-corrected chi connectivity index (χ1v) is 24.1. The number of aromatic nitrogens is 2. The lowest BCUT2D eigenvalue weighted by molar-refractivity contribution is 1.02. The third kappa shape index (κ3) is 4.72. The molecule has 0 aliphatic carbocycles. The van der Waals surface area contributed by atoms with Crippen LogP contribution < -0.4 is 0 Å². The van der Waals surface area contributed by atoms with Crippen LogP contribution in [0.25, 0.3) is 129 Å². The van der Waals surface area contributed by atoms with Crippen molar-refractivity contribution in [3.63, 3.8) is 0 Å². The van der Waals surface area contributed by atoms with Crippen LogP contribution in [0.3, 0.4) is 0 Å². The molecule has 0 radical (unpaired) electrons. The summed E-state index contributed by atoms with van der Waals surface area (Å²) >= 11 is 0. The Morgan fingerprint density at radius 3 is 1.74 bits per heavy atom. The SMILES string of the molecule is Cn1c2cc(-c3cccc(-p4c5cc6c(cc5c5ccc7ccccc7c54)c4ccccc4n6C)c3)ccc2c2cc3c(cc21)c1cc2ccccc2cc1p3-c1ccccc1. The van der Waals surface area contributed by atoms with E-state index in [-0.39, 0.29) is 0 Å². The number of para-hydroxylation sites is 1. The van der Waals surface area contributed by atoms with E-state index in [4.69, 9.17) is 0 Å². The van der Waals surface area contributed by atoms with Crippen molar-refractivity contribution in [2.75, 3.05) is 0 Å². The fourth-order valence-corrected chi connectivity index (χ4v) is 16.5. The third-order valence-electron chi connectivity index (χ3n) is 13.9. The lowest BCUT2D eigenvalue weighted by Gasteiger charge is -2.10. The Balaban J connectivity index is 0.983. The number of hydrogen-bond acceptors (Lipinski definition) is 0. The lowest BCUT2D eigenvalue weighted by atomic mass is 10.0. The van der Waals surface area contributed by atoms with Gasteiger partial charge in [0.25, 0.3) is 0 Å². The molecule has 0 aliphatic rings. The zero-order valence-corrected chi connectivity index (χ0v) is 36.1. The fourth-order valence-electron chi connectivity index (χ4n) is 11.0. The highest BCUT2D eigenvalue weighted by Gasteiger charge is 2.21. The Labute approximate surface area is 359 Å². The van der Waals surface area contributed by atoms with E-state index < -0.39 is 15.1 Å².